The van der Waals surface area contributed by atoms with Crippen LogP contribution < -0.4 is 0 Å². The summed E-state index contributed by atoms with van der Waals surface area (Å²) >= 11 is 0. The van der Waals surface area contributed by atoms with E-state index < -0.39 is 0 Å². The zero-order valence-electron chi connectivity index (χ0n) is 10.7. The molecule has 0 radical (unpaired) electrons. The van der Waals surface area contributed by atoms with Crippen molar-refractivity contribution in [2.24, 2.45) is 5.92 Å². The highest BCUT2D eigenvalue weighted by Gasteiger charge is 2.20. The lowest BCUT2D eigenvalue weighted by Crippen LogP contribution is -1.98. The van der Waals surface area contributed by atoms with Gasteiger partial charge in [0, 0.05) is 0 Å². The molecule has 1 atom stereocenters. The summed E-state index contributed by atoms with van der Waals surface area (Å²) in [7, 11) is 0. The predicted molar refractivity (Wildman–Crippen MR) is 71.2 cm³/mol. The van der Waals surface area contributed by atoms with Crippen molar-refractivity contribution >= 4 is 0 Å². The number of allylic oxidation sites excluding steroid dienone is 10. The Hall–Kier alpha value is -1.30. The van der Waals surface area contributed by atoms with Crippen LogP contribution in [0.15, 0.2) is 58.2 Å². The molecule has 0 heterocycles. The molecule has 84 valence electrons. The van der Waals surface area contributed by atoms with Crippen LogP contribution in [0.2, 0.25) is 0 Å². The fraction of sp³-hybridized carbons (Fsp3) is 0.375. The lowest BCUT2D eigenvalue weighted by Gasteiger charge is -2.12. The van der Waals surface area contributed by atoms with Crippen molar-refractivity contribution in [1.82, 2.24) is 0 Å². The first kappa shape index (κ1) is 11.2. The highest BCUT2D eigenvalue weighted by Crippen LogP contribution is 2.36. The second-order valence-corrected chi connectivity index (χ2v) is 4.91. The first-order valence-corrected chi connectivity index (χ1v) is 6.06. The van der Waals surface area contributed by atoms with E-state index in [9.17, 15) is 0 Å². The fourth-order valence-corrected chi connectivity index (χ4v) is 2.40. The molecule has 0 aromatic carbocycles. The molecule has 16 heavy (non-hydrogen) atoms. The molecule has 0 aliphatic heterocycles. The molecule has 0 spiro atoms. The minimum atomic E-state index is 0.642. The van der Waals surface area contributed by atoms with Crippen molar-refractivity contribution in [2.75, 3.05) is 0 Å². The summed E-state index contributed by atoms with van der Waals surface area (Å²) in [5.41, 5.74) is 7.13. The van der Waals surface area contributed by atoms with Crippen molar-refractivity contribution in [1.29, 1.82) is 0 Å². The van der Waals surface area contributed by atoms with Gasteiger partial charge in [-0.3, -0.25) is 0 Å². The van der Waals surface area contributed by atoms with E-state index >= 15 is 0 Å². The summed E-state index contributed by atoms with van der Waals surface area (Å²) in [5, 5.41) is 0. The van der Waals surface area contributed by atoms with E-state index in [4.69, 9.17) is 0 Å². The largest absolute Gasteiger partial charge is 0.0841 e. The monoisotopic (exact) mass is 212 g/mol. The molecule has 2 aliphatic rings. The molecule has 2 rings (SSSR count). The minimum Gasteiger partial charge on any atom is -0.0841 e. The Labute approximate surface area is 98.8 Å². The second-order valence-electron chi connectivity index (χ2n) is 4.91. The standard InChI is InChI=1S/C16H20/c1-5-12(3)15-9-14-7-6-11(2)8-13(4)16(14)10-15/h5-7,9-10,13H,8H2,1-4H3/b12-5-. The van der Waals surface area contributed by atoms with Crippen LogP contribution in [0.5, 0.6) is 0 Å². The van der Waals surface area contributed by atoms with E-state index in [1.165, 1.54) is 34.3 Å². The summed E-state index contributed by atoms with van der Waals surface area (Å²) in [4.78, 5) is 0. The number of rotatable bonds is 1. The molecular formula is C16H20. The van der Waals surface area contributed by atoms with Crippen LogP contribution in [0.1, 0.15) is 34.1 Å². The Morgan fingerprint density at radius 2 is 2.06 bits per heavy atom. The topological polar surface area (TPSA) is 0 Å². The molecular weight excluding hydrogens is 192 g/mol. The van der Waals surface area contributed by atoms with Gasteiger partial charge in [0.2, 0.25) is 0 Å². The summed E-state index contributed by atoms with van der Waals surface area (Å²) < 4.78 is 0. The summed E-state index contributed by atoms with van der Waals surface area (Å²) in [6.45, 7) is 8.83. The van der Waals surface area contributed by atoms with Gasteiger partial charge < -0.3 is 0 Å². The van der Waals surface area contributed by atoms with E-state index in [1.54, 1.807) is 0 Å². The zero-order valence-corrected chi connectivity index (χ0v) is 10.7. The Bertz CT molecular complexity index is 450. The summed E-state index contributed by atoms with van der Waals surface area (Å²) in [5.74, 6) is 0.642. The smallest absolute Gasteiger partial charge is 0.0147 e. The van der Waals surface area contributed by atoms with Gasteiger partial charge in [-0.2, -0.15) is 0 Å². The van der Waals surface area contributed by atoms with Crippen LogP contribution in [-0.4, -0.2) is 0 Å². The molecule has 0 bridgehead atoms. The Balaban J connectivity index is 2.41. The average molecular weight is 212 g/mol. The Morgan fingerprint density at radius 1 is 1.31 bits per heavy atom. The third-order valence-corrected chi connectivity index (χ3v) is 3.55. The van der Waals surface area contributed by atoms with Crippen molar-refractivity contribution in [3.63, 3.8) is 0 Å². The van der Waals surface area contributed by atoms with Gasteiger partial charge in [-0.25, -0.2) is 0 Å². The zero-order chi connectivity index (χ0) is 11.7. The SMILES string of the molecule is C/C=C(/C)C1=CC2=CC=C(C)CC(C)C2=C1. The molecule has 0 amide bonds. The van der Waals surface area contributed by atoms with Crippen molar-refractivity contribution < 1.29 is 0 Å². The molecule has 0 saturated carbocycles. The molecule has 0 nitrogen and oxygen atoms in total. The first-order valence-electron chi connectivity index (χ1n) is 6.06. The van der Waals surface area contributed by atoms with Gasteiger partial charge >= 0.3 is 0 Å². The van der Waals surface area contributed by atoms with Crippen LogP contribution in [0.25, 0.3) is 0 Å². The normalized spacial score (nSPS) is 25.2. The maximum Gasteiger partial charge on any atom is -0.0147 e. The first-order chi connectivity index (χ1) is 7.61. The third kappa shape index (κ3) is 1.97. The molecule has 0 fully saturated rings. The van der Waals surface area contributed by atoms with Crippen LogP contribution in [0.4, 0.5) is 0 Å². The Morgan fingerprint density at radius 3 is 2.75 bits per heavy atom. The highest BCUT2D eigenvalue weighted by atomic mass is 14.2. The van der Waals surface area contributed by atoms with E-state index in [0.29, 0.717) is 5.92 Å². The van der Waals surface area contributed by atoms with Gasteiger partial charge in [0.05, 0.1) is 0 Å². The maximum atomic E-state index is 2.36. The van der Waals surface area contributed by atoms with E-state index in [2.05, 4.69) is 58.1 Å². The minimum absolute atomic E-state index is 0.642. The van der Waals surface area contributed by atoms with E-state index in [0.717, 1.165) is 0 Å². The summed E-state index contributed by atoms with van der Waals surface area (Å²) in [6.07, 6.45) is 12.6. The lowest BCUT2D eigenvalue weighted by molar-refractivity contribution is 0.688. The van der Waals surface area contributed by atoms with Crippen LogP contribution >= 0.6 is 0 Å². The highest BCUT2D eigenvalue weighted by molar-refractivity contribution is 5.61. The van der Waals surface area contributed by atoms with Crippen LogP contribution in [-0.2, 0) is 0 Å². The number of hydrogen-bond donors (Lipinski definition) is 0. The van der Waals surface area contributed by atoms with Gasteiger partial charge in [0.25, 0.3) is 0 Å². The quantitative estimate of drug-likeness (QED) is 0.589. The van der Waals surface area contributed by atoms with E-state index in [1.807, 2.05) is 0 Å². The number of fused-ring (bicyclic) bond motifs is 1. The van der Waals surface area contributed by atoms with Gasteiger partial charge in [0.1, 0.15) is 0 Å². The second kappa shape index (κ2) is 4.29. The summed E-state index contributed by atoms with van der Waals surface area (Å²) in [6, 6.07) is 0. The van der Waals surface area contributed by atoms with Gasteiger partial charge in [-0.1, -0.05) is 36.8 Å². The van der Waals surface area contributed by atoms with Gasteiger partial charge in [-0.15, -0.1) is 0 Å². The van der Waals surface area contributed by atoms with Crippen molar-refractivity contribution in [3.05, 3.63) is 58.2 Å². The van der Waals surface area contributed by atoms with E-state index in [-0.39, 0.29) is 0 Å². The maximum absolute atomic E-state index is 2.36. The average Bonchev–Trinajstić information content (AvgIpc) is 2.64. The lowest BCUT2D eigenvalue weighted by atomic mass is 9.93. The predicted octanol–water partition coefficient (Wildman–Crippen LogP) is 4.73. The number of hydrogen-bond acceptors (Lipinski definition) is 0. The van der Waals surface area contributed by atoms with Crippen molar-refractivity contribution in [3.8, 4) is 0 Å². The van der Waals surface area contributed by atoms with Gasteiger partial charge in [-0.05, 0) is 61.5 Å². The molecule has 0 aromatic heterocycles. The molecule has 0 aromatic rings. The van der Waals surface area contributed by atoms with Gasteiger partial charge in [0.15, 0.2) is 0 Å². The molecule has 0 saturated heterocycles. The molecule has 0 heteroatoms. The Kier molecular flexibility index (Phi) is 3.00. The molecule has 0 N–H and O–H groups in total. The molecule has 1 unspecified atom stereocenters. The fourth-order valence-electron chi connectivity index (χ4n) is 2.40. The third-order valence-electron chi connectivity index (χ3n) is 3.55. The van der Waals surface area contributed by atoms with Crippen molar-refractivity contribution in [2.45, 2.75) is 34.1 Å². The van der Waals surface area contributed by atoms with Crippen LogP contribution in [0.3, 0.4) is 0 Å². The molecule has 2 aliphatic carbocycles. The van der Waals surface area contributed by atoms with Crippen LogP contribution in [0, 0.1) is 5.92 Å².